The highest BCUT2D eigenvalue weighted by Crippen LogP contribution is 2.37. The summed E-state index contributed by atoms with van der Waals surface area (Å²) < 4.78 is 33.9. The third kappa shape index (κ3) is 3.77. The van der Waals surface area contributed by atoms with Crippen LogP contribution in [0.4, 0.5) is 5.69 Å². The van der Waals surface area contributed by atoms with E-state index >= 15 is 0 Å². The van der Waals surface area contributed by atoms with Gasteiger partial charge in [-0.25, -0.2) is 8.42 Å². The lowest BCUT2D eigenvalue weighted by Gasteiger charge is -2.24. The van der Waals surface area contributed by atoms with Crippen molar-refractivity contribution < 1.29 is 17.9 Å². The van der Waals surface area contributed by atoms with Gasteiger partial charge >= 0.3 is 0 Å². The number of sulfonamides is 1. The summed E-state index contributed by atoms with van der Waals surface area (Å²) in [6.07, 6.45) is 1.39. The molecule has 2 aliphatic heterocycles. The molecule has 0 bridgehead atoms. The van der Waals surface area contributed by atoms with Gasteiger partial charge < -0.3 is 10.1 Å². The molecule has 2 aliphatic rings. The summed E-state index contributed by atoms with van der Waals surface area (Å²) in [4.78, 5) is 12.2. The number of carbonyl (C=O) groups is 1. The zero-order chi connectivity index (χ0) is 22.0. The van der Waals surface area contributed by atoms with Crippen LogP contribution < -0.4 is 10.1 Å². The number of anilines is 1. The molecular weight excluding hydrogens is 416 g/mol. The van der Waals surface area contributed by atoms with Crippen molar-refractivity contribution in [1.29, 1.82) is 10.5 Å². The first-order chi connectivity index (χ1) is 15.0. The molecule has 0 saturated carbocycles. The van der Waals surface area contributed by atoms with E-state index in [1.807, 2.05) is 30.3 Å². The monoisotopic (exact) mass is 434 g/mol. The van der Waals surface area contributed by atoms with E-state index < -0.39 is 15.9 Å². The van der Waals surface area contributed by atoms with Crippen LogP contribution in [-0.4, -0.2) is 37.8 Å². The van der Waals surface area contributed by atoms with Gasteiger partial charge in [-0.05, 0) is 43.2 Å². The van der Waals surface area contributed by atoms with Crippen LogP contribution in [0.15, 0.2) is 59.0 Å². The predicted octanol–water partition coefficient (Wildman–Crippen LogP) is 2.67. The van der Waals surface area contributed by atoms with E-state index in [9.17, 15) is 13.2 Å². The average molecular weight is 434 g/mol. The molecule has 0 unspecified atom stereocenters. The summed E-state index contributed by atoms with van der Waals surface area (Å²) in [6.45, 7) is 0.593. The van der Waals surface area contributed by atoms with Gasteiger partial charge in [0.05, 0.1) is 16.5 Å². The number of hydrogen-bond donors (Lipinski definition) is 1. The van der Waals surface area contributed by atoms with Crippen molar-refractivity contribution in [1.82, 2.24) is 4.31 Å². The van der Waals surface area contributed by atoms with E-state index in [-0.39, 0.29) is 34.3 Å². The second-order valence-corrected chi connectivity index (χ2v) is 9.06. The minimum Gasteiger partial charge on any atom is -0.492 e. The normalized spacial score (nSPS) is 18.1. The second kappa shape index (κ2) is 8.23. The van der Waals surface area contributed by atoms with E-state index in [4.69, 9.17) is 15.3 Å². The van der Waals surface area contributed by atoms with Crippen molar-refractivity contribution in [2.24, 2.45) is 0 Å². The Labute approximate surface area is 180 Å². The van der Waals surface area contributed by atoms with Crippen molar-refractivity contribution >= 4 is 27.2 Å². The molecule has 0 radical (unpaired) electrons. The van der Waals surface area contributed by atoms with Crippen LogP contribution >= 0.6 is 0 Å². The van der Waals surface area contributed by atoms with Crippen molar-refractivity contribution in [3.8, 4) is 17.9 Å². The average Bonchev–Trinajstić information content (AvgIpc) is 3.38. The summed E-state index contributed by atoms with van der Waals surface area (Å²) in [5, 5.41) is 20.9. The highest BCUT2D eigenvalue weighted by Gasteiger charge is 2.37. The largest absolute Gasteiger partial charge is 0.492 e. The van der Waals surface area contributed by atoms with Crippen LogP contribution in [0.3, 0.4) is 0 Å². The fourth-order valence-corrected chi connectivity index (χ4v) is 5.53. The molecule has 31 heavy (non-hydrogen) atoms. The lowest BCUT2D eigenvalue weighted by Crippen LogP contribution is -2.39. The number of carbonyl (C=O) groups excluding carboxylic acids is 1. The number of nitriles is 2. The molecule has 0 aromatic heterocycles. The second-order valence-electron chi connectivity index (χ2n) is 7.17. The molecule has 0 aliphatic carbocycles. The fraction of sp³-hybridized carbons (Fsp3) is 0.227. The Bertz CT molecular complexity index is 1240. The van der Waals surface area contributed by atoms with Crippen LogP contribution in [0.25, 0.3) is 5.57 Å². The molecule has 2 aromatic carbocycles. The highest BCUT2D eigenvalue weighted by molar-refractivity contribution is 7.89. The maximum absolute atomic E-state index is 13.4. The Morgan fingerprint density at radius 3 is 2.61 bits per heavy atom. The Balaban J connectivity index is 1.64. The molecule has 1 N–H and O–H groups in total. The van der Waals surface area contributed by atoms with Gasteiger partial charge in [-0.1, -0.05) is 18.2 Å². The van der Waals surface area contributed by atoms with Gasteiger partial charge in [-0.3, -0.25) is 4.79 Å². The van der Waals surface area contributed by atoms with Gasteiger partial charge in [0, 0.05) is 17.8 Å². The van der Waals surface area contributed by atoms with Crippen LogP contribution in [0.2, 0.25) is 0 Å². The van der Waals surface area contributed by atoms with Gasteiger partial charge in [0.15, 0.2) is 0 Å². The number of nitrogens with one attached hydrogen (secondary N) is 1. The van der Waals surface area contributed by atoms with Crippen molar-refractivity contribution in [3.05, 3.63) is 59.7 Å². The smallest absolute Gasteiger partial charge is 0.258 e. The molecule has 1 amide bonds. The van der Waals surface area contributed by atoms with Gasteiger partial charge in [0.2, 0.25) is 10.0 Å². The van der Waals surface area contributed by atoms with E-state index in [0.717, 1.165) is 0 Å². The maximum atomic E-state index is 13.4. The molecule has 1 saturated heterocycles. The van der Waals surface area contributed by atoms with Crippen LogP contribution in [0.5, 0.6) is 5.75 Å². The first-order valence-electron chi connectivity index (χ1n) is 9.65. The molecule has 2 aromatic rings. The zero-order valence-corrected chi connectivity index (χ0v) is 17.2. The van der Waals surface area contributed by atoms with Crippen molar-refractivity contribution in [2.45, 2.75) is 23.8 Å². The lowest BCUT2D eigenvalue weighted by atomic mass is 10.0. The number of allylic oxidation sites excluding steroid dienone is 1. The number of rotatable bonds is 5. The third-order valence-electron chi connectivity index (χ3n) is 5.32. The van der Waals surface area contributed by atoms with Gasteiger partial charge in [0.25, 0.3) is 5.91 Å². The van der Waals surface area contributed by atoms with E-state index in [2.05, 4.69) is 5.32 Å². The molecular formula is C22H18N4O4S. The third-order valence-corrected chi connectivity index (χ3v) is 7.27. The molecule has 1 atom stereocenters. The van der Waals surface area contributed by atoms with E-state index in [1.54, 1.807) is 12.1 Å². The topological polar surface area (TPSA) is 123 Å². The van der Waals surface area contributed by atoms with E-state index in [1.165, 1.54) is 22.5 Å². The zero-order valence-electron chi connectivity index (χ0n) is 16.4. The maximum Gasteiger partial charge on any atom is 0.258 e. The molecule has 2 heterocycles. The molecule has 0 spiro atoms. The Morgan fingerprint density at radius 1 is 1.16 bits per heavy atom. The van der Waals surface area contributed by atoms with Crippen molar-refractivity contribution in [3.63, 3.8) is 0 Å². The molecule has 9 heteroatoms. The van der Waals surface area contributed by atoms with Gasteiger partial charge in [-0.2, -0.15) is 14.8 Å². The molecule has 8 nitrogen and oxygen atoms in total. The summed E-state index contributed by atoms with van der Waals surface area (Å²) >= 11 is 0. The summed E-state index contributed by atoms with van der Waals surface area (Å²) in [5.74, 6) is 0.0714. The Hall–Kier alpha value is -3.66. The summed E-state index contributed by atoms with van der Waals surface area (Å²) in [7, 11) is -3.87. The summed E-state index contributed by atoms with van der Waals surface area (Å²) in [6, 6.07) is 16.5. The summed E-state index contributed by atoms with van der Waals surface area (Å²) in [5.41, 5.74) is 0.135. The number of nitrogens with zero attached hydrogens (tertiary/aromatic N) is 3. The first-order valence-corrected chi connectivity index (χ1v) is 11.1. The van der Waals surface area contributed by atoms with Crippen LogP contribution in [0, 0.1) is 22.7 Å². The molecule has 156 valence electrons. The quantitative estimate of drug-likeness (QED) is 0.570. The first kappa shape index (κ1) is 20.6. The lowest BCUT2D eigenvalue weighted by molar-refractivity contribution is -0.110. The molecule has 4 rings (SSSR count). The van der Waals surface area contributed by atoms with Crippen molar-refractivity contribution in [2.75, 3.05) is 18.5 Å². The van der Waals surface area contributed by atoms with Gasteiger partial charge in [0.1, 0.15) is 30.1 Å². The van der Waals surface area contributed by atoms with Crippen LogP contribution in [0.1, 0.15) is 18.4 Å². The standard InChI is InChI=1S/C22H18N4O4S/c23-12-15(13-24)21-19-11-18(8-9-20(19)25-22(21)27)31(28,29)26-10-4-5-16(26)14-30-17-6-2-1-3-7-17/h1-3,6-9,11,16H,4-5,10,14H2,(H,25,27)/t16-/m0/s1. The number of amides is 1. The minimum atomic E-state index is -3.87. The van der Waals surface area contributed by atoms with Crippen LogP contribution in [-0.2, 0) is 14.8 Å². The molecule has 1 fully saturated rings. The Kier molecular flexibility index (Phi) is 5.47. The number of ether oxygens (including phenoxy) is 1. The van der Waals surface area contributed by atoms with E-state index in [0.29, 0.717) is 30.8 Å². The fourth-order valence-electron chi connectivity index (χ4n) is 3.83. The predicted molar refractivity (Wildman–Crippen MR) is 112 cm³/mol. The highest BCUT2D eigenvalue weighted by atomic mass is 32.2. The minimum absolute atomic E-state index is 0.00194. The SMILES string of the molecule is N#CC(C#N)=C1C(=O)Nc2ccc(S(=O)(=O)N3CCC[C@H]3COc3ccccc3)cc21. The Morgan fingerprint density at radius 2 is 1.90 bits per heavy atom. The van der Waals surface area contributed by atoms with Gasteiger partial charge in [-0.15, -0.1) is 0 Å². The number of fused-ring (bicyclic) bond motifs is 1. The number of para-hydroxylation sites is 1. The number of benzene rings is 2. The number of hydrogen-bond acceptors (Lipinski definition) is 6.